The van der Waals surface area contributed by atoms with Crippen molar-refractivity contribution in [2.75, 3.05) is 13.1 Å². The lowest BCUT2D eigenvalue weighted by Crippen LogP contribution is -2.56. The quantitative estimate of drug-likeness (QED) is 0.869. The lowest BCUT2D eigenvalue weighted by Gasteiger charge is -2.46. The van der Waals surface area contributed by atoms with Crippen LogP contribution in [0.15, 0.2) is 12.4 Å². The maximum Gasteiger partial charge on any atom is 0.0762 e. The van der Waals surface area contributed by atoms with Crippen LogP contribution in [0, 0.1) is 0 Å². The summed E-state index contributed by atoms with van der Waals surface area (Å²) in [4.78, 5) is 2.49. The van der Waals surface area contributed by atoms with Crippen LogP contribution in [0.25, 0.3) is 0 Å². The van der Waals surface area contributed by atoms with Crippen molar-refractivity contribution in [3.8, 4) is 0 Å². The van der Waals surface area contributed by atoms with E-state index in [1.807, 2.05) is 10.9 Å². The van der Waals surface area contributed by atoms with Gasteiger partial charge in [0, 0.05) is 24.7 Å². The number of hydrogen-bond donors (Lipinski definition) is 1. The Morgan fingerprint density at radius 1 is 1.30 bits per heavy atom. The molecule has 0 saturated carbocycles. The van der Waals surface area contributed by atoms with Gasteiger partial charge in [-0.2, -0.15) is 5.10 Å². The minimum Gasteiger partial charge on any atom is -0.391 e. The Labute approximate surface area is 122 Å². The van der Waals surface area contributed by atoms with Gasteiger partial charge >= 0.3 is 0 Å². The van der Waals surface area contributed by atoms with E-state index in [0.29, 0.717) is 6.42 Å². The van der Waals surface area contributed by atoms with E-state index < -0.39 is 0 Å². The van der Waals surface area contributed by atoms with Gasteiger partial charge in [-0.1, -0.05) is 13.3 Å². The Morgan fingerprint density at radius 3 is 2.55 bits per heavy atom. The highest BCUT2D eigenvalue weighted by Gasteiger charge is 2.37. The topological polar surface area (TPSA) is 41.3 Å². The third-order valence-electron chi connectivity index (χ3n) is 4.95. The molecular formula is C16H29N3O. The molecule has 0 bridgehead atoms. The summed E-state index contributed by atoms with van der Waals surface area (Å²) in [5.74, 6) is 0. The van der Waals surface area contributed by atoms with E-state index in [1.54, 1.807) is 0 Å². The van der Waals surface area contributed by atoms with Crippen molar-refractivity contribution in [2.24, 2.45) is 0 Å². The van der Waals surface area contributed by atoms with Crippen molar-refractivity contribution in [3.05, 3.63) is 18.0 Å². The predicted molar refractivity (Wildman–Crippen MR) is 81.7 cm³/mol. The van der Waals surface area contributed by atoms with E-state index in [-0.39, 0.29) is 11.6 Å². The second-order valence-corrected chi connectivity index (χ2v) is 6.18. The molecule has 2 unspecified atom stereocenters. The zero-order valence-electron chi connectivity index (χ0n) is 13.2. The first kappa shape index (κ1) is 15.5. The smallest absolute Gasteiger partial charge is 0.0762 e. The molecule has 2 rings (SSSR count). The SMILES string of the molecule is CCn1cc(CC(O)C(C)(CC)N2CCCCC2)cn1. The van der Waals surface area contributed by atoms with E-state index in [2.05, 4.69) is 37.0 Å². The molecule has 4 heteroatoms. The van der Waals surface area contributed by atoms with Gasteiger partial charge in [0.15, 0.2) is 0 Å². The number of aliphatic hydroxyl groups is 1. The summed E-state index contributed by atoms with van der Waals surface area (Å²) in [7, 11) is 0. The van der Waals surface area contributed by atoms with Crippen molar-refractivity contribution in [1.29, 1.82) is 0 Å². The van der Waals surface area contributed by atoms with Gasteiger partial charge in [0.25, 0.3) is 0 Å². The molecule has 1 saturated heterocycles. The molecule has 2 atom stereocenters. The predicted octanol–water partition coefficient (Wildman–Crippen LogP) is 2.46. The van der Waals surface area contributed by atoms with Crippen LogP contribution < -0.4 is 0 Å². The first-order valence-corrected chi connectivity index (χ1v) is 8.04. The van der Waals surface area contributed by atoms with Gasteiger partial charge in [0.05, 0.1) is 12.3 Å². The molecule has 0 radical (unpaired) electrons. The molecule has 4 nitrogen and oxygen atoms in total. The minimum absolute atomic E-state index is 0.116. The van der Waals surface area contributed by atoms with E-state index in [4.69, 9.17) is 0 Å². The summed E-state index contributed by atoms with van der Waals surface area (Å²) in [5, 5.41) is 15.1. The summed E-state index contributed by atoms with van der Waals surface area (Å²) >= 11 is 0. The highest BCUT2D eigenvalue weighted by atomic mass is 16.3. The molecule has 1 aromatic heterocycles. The average molecular weight is 279 g/mol. The summed E-state index contributed by atoms with van der Waals surface area (Å²) in [6.07, 6.45) is 9.13. The molecular weight excluding hydrogens is 250 g/mol. The van der Waals surface area contributed by atoms with Gasteiger partial charge < -0.3 is 5.11 Å². The number of rotatable bonds is 6. The van der Waals surface area contributed by atoms with Crippen LogP contribution in [-0.2, 0) is 13.0 Å². The van der Waals surface area contributed by atoms with Gasteiger partial charge in [-0.25, -0.2) is 0 Å². The highest BCUT2D eigenvalue weighted by Crippen LogP contribution is 2.29. The summed E-state index contributed by atoms with van der Waals surface area (Å²) in [6, 6.07) is 0. The van der Waals surface area contributed by atoms with Crippen LogP contribution in [0.5, 0.6) is 0 Å². The molecule has 0 aliphatic carbocycles. The van der Waals surface area contributed by atoms with E-state index >= 15 is 0 Å². The van der Waals surface area contributed by atoms with Crippen molar-refractivity contribution in [1.82, 2.24) is 14.7 Å². The first-order chi connectivity index (χ1) is 9.60. The van der Waals surface area contributed by atoms with Crippen LogP contribution in [0.3, 0.4) is 0 Å². The second kappa shape index (κ2) is 6.72. The molecule has 1 N–H and O–H groups in total. The number of likely N-dealkylation sites (tertiary alicyclic amines) is 1. The van der Waals surface area contributed by atoms with Crippen LogP contribution in [-0.4, -0.2) is 44.5 Å². The minimum atomic E-state index is -0.333. The summed E-state index contributed by atoms with van der Waals surface area (Å²) < 4.78 is 1.92. The highest BCUT2D eigenvalue weighted by molar-refractivity contribution is 5.08. The van der Waals surface area contributed by atoms with Gasteiger partial charge in [0.2, 0.25) is 0 Å². The maximum atomic E-state index is 10.8. The van der Waals surface area contributed by atoms with Crippen LogP contribution in [0.4, 0.5) is 0 Å². The molecule has 0 amide bonds. The van der Waals surface area contributed by atoms with Gasteiger partial charge in [0.1, 0.15) is 0 Å². The Balaban J connectivity index is 2.04. The zero-order chi connectivity index (χ0) is 14.6. The number of aryl methyl sites for hydroxylation is 1. The molecule has 1 fully saturated rings. The molecule has 1 aromatic rings. The molecule has 0 aromatic carbocycles. The average Bonchev–Trinajstić information content (AvgIpc) is 2.94. The van der Waals surface area contributed by atoms with E-state index in [9.17, 15) is 5.11 Å². The Morgan fingerprint density at radius 2 is 2.00 bits per heavy atom. The maximum absolute atomic E-state index is 10.8. The van der Waals surface area contributed by atoms with Crippen LogP contribution >= 0.6 is 0 Å². The Kier molecular flexibility index (Phi) is 5.22. The third kappa shape index (κ3) is 3.23. The van der Waals surface area contributed by atoms with Crippen LogP contribution in [0.2, 0.25) is 0 Å². The summed E-state index contributed by atoms with van der Waals surface area (Å²) in [5.41, 5.74) is 1.02. The van der Waals surface area contributed by atoms with Gasteiger partial charge in [-0.3, -0.25) is 9.58 Å². The van der Waals surface area contributed by atoms with E-state index in [0.717, 1.165) is 31.6 Å². The molecule has 20 heavy (non-hydrogen) atoms. The first-order valence-electron chi connectivity index (χ1n) is 8.04. The van der Waals surface area contributed by atoms with Gasteiger partial charge in [-0.15, -0.1) is 0 Å². The van der Waals surface area contributed by atoms with Gasteiger partial charge in [-0.05, 0) is 51.8 Å². The van der Waals surface area contributed by atoms with Crippen molar-refractivity contribution < 1.29 is 5.11 Å². The molecule has 114 valence electrons. The number of aromatic nitrogens is 2. The lowest BCUT2D eigenvalue weighted by molar-refractivity contribution is -0.0328. The van der Waals surface area contributed by atoms with Crippen molar-refractivity contribution in [2.45, 2.75) is 71.1 Å². The van der Waals surface area contributed by atoms with Crippen LogP contribution in [0.1, 0.15) is 52.0 Å². The Hall–Kier alpha value is -0.870. The van der Waals surface area contributed by atoms with Crippen molar-refractivity contribution in [3.63, 3.8) is 0 Å². The number of piperidine rings is 1. The monoisotopic (exact) mass is 279 g/mol. The fourth-order valence-corrected chi connectivity index (χ4v) is 3.20. The molecule has 2 heterocycles. The fourth-order valence-electron chi connectivity index (χ4n) is 3.20. The standard InChI is InChI=1S/C16H29N3O/c1-4-16(3,18-9-7-6-8-10-18)15(20)11-14-12-17-19(5-2)13-14/h12-13,15,20H,4-11H2,1-3H3. The Bertz CT molecular complexity index is 412. The van der Waals surface area contributed by atoms with E-state index in [1.165, 1.54) is 19.3 Å². The normalized spacial score (nSPS) is 21.6. The molecule has 0 spiro atoms. The lowest BCUT2D eigenvalue weighted by atomic mass is 9.85. The molecule has 1 aliphatic rings. The second-order valence-electron chi connectivity index (χ2n) is 6.18. The number of aliphatic hydroxyl groups excluding tert-OH is 1. The zero-order valence-corrected chi connectivity index (χ0v) is 13.2. The summed E-state index contributed by atoms with van der Waals surface area (Å²) in [6.45, 7) is 9.61. The number of nitrogens with zero attached hydrogens (tertiary/aromatic N) is 3. The third-order valence-corrected chi connectivity index (χ3v) is 4.95. The van der Waals surface area contributed by atoms with Crippen molar-refractivity contribution >= 4 is 0 Å². The fraction of sp³-hybridized carbons (Fsp3) is 0.812. The molecule has 1 aliphatic heterocycles. The number of hydrogen-bond acceptors (Lipinski definition) is 3. The largest absolute Gasteiger partial charge is 0.391 e.